The maximum Gasteiger partial charge on any atom is 0.338 e. The van der Waals surface area contributed by atoms with Gasteiger partial charge in [0.15, 0.2) is 11.9 Å². The first-order chi connectivity index (χ1) is 12.9. The van der Waals surface area contributed by atoms with Gasteiger partial charge in [-0.15, -0.1) is 0 Å². The Bertz CT molecular complexity index is 850. The summed E-state index contributed by atoms with van der Waals surface area (Å²) in [5.41, 5.74) is 1.53. The number of Topliss-reactive ketones (excluding diaryl/α,β-unsaturated/α-hetero) is 1. The normalized spacial score (nSPS) is 25.0. The van der Waals surface area contributed by atoms with Crippen LogP contribution in [0.25, 0.3) is 0 Å². The van der Waals surface area contributed by atoms with E-state index in [1.54, 1.807) is 50.2 Å². The summed E-state index contributed by atoms with van der Waals surface area (Å²) < 4.78 is 11.0. The third kappa shape index (κ3) is 4.21. The molecule has 1 aliphatic heterocycles. The lowest BCUT2D eigenvalue weighted by Gasteiger charge is -2.36. The molecule has 0 aliphatic carbocycles. The van der Waals surface area contributed by atoms with Gasteiger partial charge < -0.3 is 14.6 Å². The Labute approximate surface area is 162 Å². The number of carbonyl (C=O) groups is 2. The minimum absolute atomic E-state index is 0.0951. The molecule has 0 saturated carbocycles. The fourth-order valence-corrected chi connectivity index (χ4v) is 3.44. The van der Waals surface area contributed by atoms with Crippen LogP contribution in [-0.4, -0.2) is 40.7 Å². The molecule has 0 spiro atoms. The number of hydrogen-bond acceptors (Lipinski definition) is 5. The molecule has 142 valence electrons. The second-order valence-corrected chi connectivity index (χ2v) is 7.12. The number of ether oxygens (including phenoxy) is 2. The molecular formula is C21H21ClO5. The molecule has 0 bridgehead atoms. The van der Waals surface area contributed by atoms with Crippen molar-refractivity contribution < 1.29 is 24.2 Å². The third-order valence-electron chi connectivity index (χ3n) is 4.70. The fourth-order valence-electron chi connectivity index (χ4n) is 3.15. The molecule has 0 aromatic heterocycles. The van der Waals surface area contributed by atoms with Crippen LogP contribution in [0.3, 0.4) is 0 Å². The van der Waals surface area contributed by atoms with E-state index in [1.807, 2.05) is 12.1 Å². The van der Waals surface area contributed by atoms with Crippen molar-refractivity contribution in [2.75, 3.05) is 0 Å². The van der Waals surface area contributed by atoms with E-state index in [2.05, 4.69) is 0 Å². The van der Waals surface area contributed by atoms with Crippen LogP contribution in [0.4, 0.5) is 0 Å². The molecule has 2 aromatic carbocycles. The number of hydrogen-bond donors (Lipinski definition) is 1. The quantitative estimate of drug-likeness (QED) is 0.493. The standard InChI is InChI=1S/C21H21ClO5/c1-12-7-3-5-9-14(12)18(23)20-19(24)16(11-17(22)27-20)26-21(25)15-10-6-4-8-13(15)2/h3-10,16-17,19-20,24H,11H2,1-2H3/t16-,17-,19-,20-/m0/s1. The van der Waals surface area contributed by atoms with Crippen molar-refractivity contribution >= 4 is 23.4 Å². The molecule has 1 fully saturated rings. The van der Waals surface area contributed by atoms with Crippen LogP contribution in [0, 0.1) is 13.8 Å². The third-order valence-corrected chi connectivity index (χ3v) is 4.98. The predicted octanol–water partition coefficient (Wildman–Crippen LogP) is 3.43. The van der Waals surface area contributed by atoms with Crippen molar-refractivity contribution in [3.8, 4) is 0 Å². The van der Waals surface area contributed by atoms with Gasteiger partial charge in [0.2, 0.25) is 0 Å². The first-order valence-electron chi connectivity index (χ1n) is 8.72. The number of carbonyl (C=O) groups excluding carboxylic acids is 2. The number of ketones is 1. The summed E-state index contributed by atoms with van der Waals surface area (Å²) >= 11 is 6.13. The molecule has 1 aliphatic rings. The summed E-state index contributed by atoms with van der Waals surface area (Å²) in [6.07, 6.45) is -3.35. The number of aryl methyl sites for hydroxylation is 2. The molecule has 5 nitrogen and oxygen atoms in total. The largest absolute Gasteiger partial charge is 0.456 e. The van der Waals surface area contributed by atoms with Crippen molar-refractivity contribution in [1.82, 2.24) is 0 Å². The minimum Gasteiger partial charge on any atom is -0.456 e. The van der Waals surface area contributed by atoms with Crippen LogP contribution in [0.5, 0.6) is 0 Å². The number of halogens is 1. The number of esters is 1. The van der Waals surface area contributed by atoms with Gasteiger partial charge in [-0.2, -0.15) is 0 Å². The van der Waals surface area contributed by atoms with E-state index in [-0.39, 0.29) is 12.2 Å². The number of aliphatic hydroxyl groups excluding tert-OH is 1. The summed E-state index contributed by atoms with van der Waals surface area (Å²) in [6.45, 7) is 3.60. The number of benzene rings is 2. The number of aliphatic hydroxyl groups is 1. The van der Waals surface area contributed by atoms with Gasteiger partial charge in [0.05, 0.1) is 5.56 Å². The minimum atomic E-state index is -1.31. The SMILES string of the molecule is Cc1ccccc1C(=O)O[C@H]1C[C@@H](Cl)O[C@@H](C(=O)c2ccccc2C)[C@H]1O. The van der Waals surface area contributed by atoms with Gasteiger partial charge in [-0.1, -0.05) is 54.1 Å². The van der Waals surface area contributed by atoms with Crippen LogP contribution in [0.15, 0.2) is 48.5 Å². The highest BCUT2D eigenvalue weighted by molar-refractivity contribution is 6.20. The van der Waals surface area contributed by atoms with Gasteiger partial charge >= 0.3 is 5.97 Å². The first kappa shape index (κ1) is 19.5. The van der Waals surface area contributed by atoms with Crippen LogP contribution in [-0.2, 0) is 9.47 Å². The van der Waals surface area contributed by atoms with E-state index < -0.39 is 29.8 Å². The van der Waals surface area contributed by atoms with E-state index in [0.717, 1.165) is 11.1 Å². The summed E-state index contributed by atoms with van der Waals surface area (Å²) in [5.74, 6) is -0.951. The van der Waals surface area contributed by atoms with Gasteiger partial charge in [-0.3, -0.25) is 4.79 Å². The molecule has 27 heavy (non-hydrogen) atoms. The molecule has 6 heteroatoms. The Morgan fingerprint density at radius 2 is 1.59 bits per heavy atom. The highest BCUT2D eigenvalue weighted by atomic mass is 35.5. The first-order valence-corrected chi connectivity index (χ1v) is 9.16. The van der Waals surface area contributed by atoms with Gasteiger partial charge in [-0.25, -0.2) is 4.79 Å². The van der Waals surface area contributed by atoms with E-state index >= 15 is 0 Å². The maximum atomic E-state index is 12.8. The molecule has 1 heterocycles. The second-order valence-electron chi connectivity index (χ2n) is 6.63. The lowest BCUT2D eigenvalue weighted by Crippen LogP contribution is -2.52. The highest BCUT2D eigenvalue weighted by Gasteiger charge is 2.43. The average molecular weight is 389 g/mol. The van der Waals surface area contributed by atoms with Crippen LogP contribution in [0.1, 0.15) is 38.3 Å². The molecule has 4 atom stereocenters. The van der Waals surface area contributed by atoms with Crippen molar-refractivity contribution in [2.24, 2.45) is 0 Å². The lowest BCUT2D eigenvalue weighted by atomic mass is 9.93. The van der Waals surface area contributed by atoms with Crippen molar-refractivity contribution in [3.63, 3.8) is 0 Å². The van der Waals surface area contributed by atoms with E-state index in [1.165, 1.54) is 0 Å². The number of rotatable bonds is 4. The van der Waals surface area contributed by atoms with Crippen LogP contribution >= 0.6 is 11.6 Å². The van der Waals surface area contributed by atoms with Crippen molar-refractivity contribution in [3.05, 3.63) is 70.8 Å². The Kier molecular flexibility index (Phi) is 5.95. The molecular weight excluding hydrogens is 368 g/mol. The summed E-state index contributed by atoms with van der Waals surface area (Å²) in [6, 6.07) is 14.0. The lowest BCUT2D eigenvalue weighted by molar-refractivity contribution is -0.133. The molecule has 2 aromatic rings. The topological polar surface area (TPSA) is 72.8 Å². The zero-order valence-electron chi connectivity index (χ0n) is 15.1. The van der Waals surface area contributed by atoms with Crippen molar-refractivity contribution in [2.45, 2.75) is 44.1 Å². The second kappa shape index (κ2) is 8.21. The molecule has 0 unspecified atom stereocenters. The monoisotopic (exact) mass is 388 g/mol. The molecule has 0 amide bonds. The molecule has 0 radical (unpaired) electrons. The predicted molar refractivity (Wildman–Crippen MR) is 101 cm³/mol. The molecule has 1 saturated heterocycles. The molecule has 1 N–H and O–H groups in total. The van der Waals surface area contributed by atoms with Gasteiger partial charge in [0.1, 0.15) is 17.8 Å². The van der Waals surface area contributed by atoms with E-state index in [4.69, 9.17) is 21.1 Å². The summed E-state index contributed by atoms with van der Waals surface area (Å²) in [7, 11) is 0. The van der Waals surface area contributed by atoms with Crippen LogP contribution < -0.4 is 0 Å². The van der Waals surface area contributed by atoms with Gasteiger partial charge in [0.25, 0.3) is 0 Å². The fraction of sp³-hybridized carbons (Fsp3) is 0.333. The zero-order valence-corrected chi connectivity index (χ0v) is 15.8. The van der Waals surface area contributed by atoms with E-state index in [9.17, 15) is 14.7 Å². The Hall–Kier alpha value is -2.21. The number of alkyl halides is 1. The van der Waals surface area contributed by atoms with Crippen LogP contribution in [0.2, 0.25) is 0 Å². The van der Waals surface area contributed by atoms with Gasteiger partial charge in [0, 0.05) is 12.0 Å². The smallest absolute Gasteiger partial charge is 0.338 e. The van der Waals surface area contributed by atoms with Gasteiger partial charge in [-0.05, 0) is 31.0 Å². The maximum absolute atomic E-state index is 12.8. The zero-order chi connectivity index (χ0) is 19.6. The Balaban J connectivity index is 1.79. The molecule has 3 rings (SSSR count). The summed E-state index contributed by atoms with van der Waals surface area (Å²) in [5, 5.41) is 10.7. The Morgan fingerprint density at radius 3 is 2.19 bits per heavy atom. The van der Waals surface area contributed by atoms with E-state index in [0.29, 0.717) is 11.1 Å². The highest BCUT2D eigenvalue weighted by Crippen LogP contribution is 2.28. The van der Waals surface area contributed by atoms with Crippen molar-refractivity contribution in [1.29, 1.82) is 0 Å². The Morgan fingerprint density at radius 1 is 1.04 bits per heavy atom. The average Bonchev–Trinajstić information content (AvgIpc) is 2.64. The summed E-state index contributed by atoms with van der Waals surface area (Å²) in [4.78, 5) is 25.3.